The number of aromatic nitrogens is 2. The molecule has 1 aromatic heterocycles. The third-order valence-corrected chi connectivity index (χ3v) is 3.02. The zero-order chi connectivity index (χ0) is 14.5. The van der Waals surface area contributed by atoms with Gasteiger partial charge >= 0.3 is 0 Å². The van der Waals surface area contributed by atoms with Crippen LogP contribution in [0.1, 0.15) is 21.5 Å². The maximum absolute atomic E-state index is 12.2. The second kappa shape index (κ2) is 6.21. The number of carbonyl (C=O) groups is 1. The van der Waals surface area contributed by atoms with Crippen molar-refractivity contribution < 1.29 is 4.79 Å². The fourth-order valence-electron chi connectivity index (χ4n) is 1.80. The van der Waals surface area contributed by atoms with E-state index in [2.05, 4.69) is 9.97 Å². The maximum atomic E-state index is 12.2. The standard InChI is InChI=1S/C14H14N4OS/c1-18(14(19)12-6-16-9-17-7-12)8-10-3-2-4-11(5-10)13(15)20/h2-7,9H,8H2,1H3,(H2,15,20). The fourth-order valence-corrected chi connectivity index (χ4v) is 1.93. The molecule has 0 saturated carbocycles. The minimum atomic E-state index is -0.133. The molecule has 20 heavy (non-hydrogen) atoms. The first-order valence-electron chi connectivity index (χ1n) is 5.97. The normalized spacial score (nSPS) is 10.1. The number of rotatable bonds is 4. The molecule has 1 aromatic carbocycles. The molecule has 0 fully saturated rings. The summed E-state index contributed by atoms with van der Waals surface area (Å²) >= 11 is 4.94. The van der Waals surface area contributed by atoms with Crippen LogP contribution in [0.25, 0.3) is 0 Å². The van der Waals surface area contributed by atoms with Gasteiger partial charge in [-0.25, -0.2) is 9.97 Å². The lowest BCUT2D eigenvalue weighted by Gasteiger charge is -2.17. The van der Waals surface area contributed by atoms with E-state index in [1.165, 1.54) is 18.7 Å². The quantitative estimate of drug-likeness (QED) is 0.860. The molecule has 0 aliphatic carbocycles. The number of carbonyl (C=O) groups excluding carboxylic acids is 1. The average Bonchev–Trinajstić information content (AvgIpc) is 2.47. The van der Waals surface area contributed by atoms with E-state index in [9.17, 15) is 4.79 Å². The summed E-state index contributed by atoms with van der Waals surface area (Å²) < 4.78 is 0. The lowest BCUT2D eigenvalue weighted by atomic mass is 10.1. The average molecular weight is 286 g/mol. The van der Waals surface area contributed by atoms with Gasteiger partial charge in [0.25, 0.3) is 5.91 Å². The predicted octanol–water partition coefficient (Wildman–Crippen LogP) is 1.38. The third-order valence-electron chi connectivity index (χ3n) is 2.79. The van der Waals surface area contributed by atoms with Gasteiger partial charge in [0.15, 0.2) is 0 Å². The van der Waals surface area contributed by atoms with Crippen molar-refractivity contribution in [2.45, 2.75) is 6.54 Å². The largest absolute Gasteiger partial charge is 0.389 e. The molecule has 0 aliphatic rings. The van der Waals surface area contributed by atoms with Crippen molar-refractivity contribution >= 4 is 23.1 Å². The Morgan fingerprint density at radius 2 is 2.00 bits per heavy atom. The summed E-state index contributed by atoms with van der Waals surface area (Å²) in [7, 11) is 1.72. The summed E-state index contributed by atoms with van der Waals surface area (Å²) in [5.74, 6) is -0.133. The Morgan fingerprint density at radius 1 is 1.30 bits per heavy atom. The topological polar surface area (TPSA) is 72.1 Å². The Morgan fingerprint density at radius 3 is 2.65 bits per heavy atom. The fraction of sp³-hybridized carbons (Fsp3) is 0.143. The minimum absolute atomic E-state index is 0.133. The molecule has 0 unspecified atom stereocenters. The number of thiocarbonyl (C=S) groups is 1. The highest BCUT2D eigenvalue weighted by Gasteiger charge is 2.12. The van der Waals surface area contributed by atoms with E-state index >= 15 is 0 Å². The molecule has 0 spiro atoms. The summed E-state index contributed by atoms with van der Waals surface area (Å²) in [6, 6.07) is 7.52. The molecule has 0 radical (unpaired) electrons. The van der Waals surface area contributed by atoms with Gasteiger partial charge in [-0.15, -0.1) is 0 Å². The Kier molecular flexibility index (Phi) is 4.37. The van der Waals surface area contributed by atoms with E-state index in [0.29, 0.717) is 17.1 Å². The smallest absolute Gasteiger partial charge is 0.257 e. The minimum Gasteiger partial charge on any atom is -0.389 e. The molecular weight excluding hydrogens is 272 g/mol. The molecule has 0 bridgehead atoms. The van der Waals surface area contributed by atoms with Crippen molar-refractivity contribution in [1.82, 2.24) is 14.9 Å². The van der Waals surface area contributed by atoms with Gasteiger partial charge in [-0.05, 0) is 11.6 Å². The van der Waals surface area contributed by atoms with Gasteiger partial charge in [0.05, 0.1) is 5.56 Å². The zero-order valence-corrected chi connectivity index (χ0v) is 11.8. The molecule has 2 aromatic rings. The van der Waals surface area contributed by atoms with Gasteiger partial charge in [0.2, 0.25) is 0 Å². The molecule has 102 valence electrons. The van der Waals surface area contributed by atoms with Gasteiger partial charge in [0, 0.05) is 31.5 Å². The van der Waals surface area contributed by atoms with Crippen LogP contribution < -0.4 is 5.73 Å². The van der Waals surface area contributed by atoms with Gasteiger partial charge in [-0.1, -0.05) is 30.4 Å². The summed E-state index contributed by atoms with van der Waals surface area (Å²) in [5, 5.41) is 0. The molecule has 2 N–H and O–H groups in total. The van der Waals surface area contributed by atoms with Crippen LogP contribution in [0.2, 0.25) is 0 Å². The number of hydrogen-bond donors (Lipinski definition) is 1. The maximum Gasteiger partial charge on any atom is 0.257 e. The van der Waals surface area contributed by atoms with E-state index in [-0.39, 0.29) is 5.91 Å². The van der Waals surface area contributed by atoms with Crippen molar-refractivity contribution in [2.24, 2.45) is 5.73 Å². The molecule has 2 rings (SSSR count). The molecule has 0 aliphatic heterocycles. The SMILES string of the molecule is CN(Cc1cccc(C(N)=S)c1)C(=O)c1cncnc1. The third kappa shape index (κ3) is 3.36. The van der Waals surface area contributed by atoms with E-state index in [1.54, 1.807) is 11.9 Å². The van der Waals surface area contributed by atoms with Crippen LogP contribution >= 0.6 is 12.2 Å². The van der Waals surface area contributed by atoms with Crippen molar-refractivity contribution in [3.63, 3.8) is 0 Å². The number of nitrogens with zero attached hydrogens (tertiary/aromatic N) is 3. The van der Waals surface area contributed by atoms with Crippen LogP contribution in [0.5, 0.6) is 0 Å². The van der Waals surface area contributed by atoms with Crippen molar-refractivity contribution in [3.8, 4) is 0 Å². The number of amides is 1. The second-order valence-electron chi connectivity index (χ2n) is 4.35. The summed E-state index contributed by atoms with van der Waals surface area (Å²) in [6.07, 6.45) is 4.39. The van der Waals surface area contributed by atoms with E-state index in [0.717, 1.165) is 11.1 Å². The van der Waals surface area contributed by atoms with Gasteiger partial charge in [0.1, 0.15) is 11.3 Å². The second-order valence-corrected chi connectivity index (χ2v) is 4.79. The lowest BCUT2D eigenvalue weighted by Crippen LogP contribution is -2.26. The number of benzene rings is 1. The van der Waals surface area contributed by atoms with E-state index in [4.69, 9.17) is 18.0 Å². The zero-order valence-electron chi connectivity index (χ0n) is 11.0. The number of hydrogen-bond acceptors (Lipinski definition) is 4. The summed E-state index contributed by atoms with van der Waals surface area (Å²) in [5.41, 5.74) is 7.81. The molecule has 1 amide bonds. The molecule has 0 saturated heterocycles. The van der Waals surface area contributed by atoms with E-state index < -0.39 is 0 Å². The molecule has 6 heteroatoms. The van der Waals surface area contributed by atoms with Crippen molar-refractivity contribution in [1.29, 1.82) is 0 Å². The van der Waals surface area contributed by atoms with Gasteiger partial charge in [-0.3, -0.25) is 4.79 Å². The van der Waals surface area contributed by atoms with Crippen LogP contribution in [0, 0.1) is 0 Å². The Balaban J connectivity index is 2.12. The van der Waals surface area contributed by atoms with Crippen molar-refractivity contribution in [2.75, 3.05) is 7.05 Å². The van der Waals surface area contributed by atoms with Crippen LogP contribution in [-0.4, -0.2) is 32.8 Å². The summed E-state index contributed by atoms with van der Waals surface area (Å²) in [6.45, 7) is 0.462. The van der Waals surface area contributed by atoms with Crippen LogP contribution in [0.15, 0.2) is 43.0 Å². The summed E-state index contributed by atoms with van der Waals surface area (Å²) in [4.78, 5) is 21.8. The van der Waals surface area contributed by atoms with Crippen LogP contribution in [0.4, 0.5) is 0 Å². The van der Waals surface area contributed by atoms with Crippen LogP contribution in [0.3, 0.4) is 0 Å². The monoisotopic (exact) mass is 286 g/mol. The van der Waals surface area contributed by atoms with Crippen LogP contribution in [-0.2, 0) is 6.54 Å². The molecular formula is C14H14N4OS. The van der Waals surface area contributed by atoms with Gasteiger partial charge in [-0.2, -0.15) is 0 Å². The molecule has 1 heterocycles. The van der Waals surface area contributed by atoms with Crippen molar-refractivity contribution in [3.05, 3.63) is 59.7 Å². The van der Waals surface area contributed by atoms with E-state index in [1.807, 2.05) is 24.3 Å². The lowest BCUT2D eigenvalue weighted by molar-refractivity contribution is 0.0784. The highest BCUT2D eigenvalue weighted by atomic mass is 32.1. The Bertz CT molecular complexity index is 630. The van der Waals surface area contributed by atoms with Gasteiger partial charge < -0.3 is 10.6 Å². The Labute approximate surface area is 122 Å². The first-order chi connectivity index (χ1) is 9.58. The molecule has 5 nitrogen and oxygen atoms in total. The number of nitrogens with two attached hydrogens (primary N) is 1. The first kappa shape index (κ1) is 14.1. The highest BCUT2D eigenvalue weighted by molar-refractivity contribution is 7.80. The molecule has 0 atom stereocenters. The predicted molar refractivity (Wildman–Crippen MR) is 80.2 cm³/mol. The first-order valence-corrected chi connectivity index (χ1v) is 6.38. The Hall–Kier alpha value is -2.34. The highest BCUT2D eigenvalue weighted by Crippen LogP contribution is 2.09.